The van der Waals surface area contributed by atoms with Crippen molar-refractivity contribution >= 4 is 5.97 Å². The van der Waals surface area contributed by atoms with Gasteiger partial charge in [-0.05, 0) is 18.6 Å². The van der Waals surface area contributed by atoms with Gasteiger partial charge < -0.3 is 4.74 Å². The van der Waals surface area contributed by atoms with Gasteiger partial charge in [-0.3, -0.25) is 5.11 Å². The Bertz CT molecular complexity index is 312. The lowest BCUT2D eigenvalue weighted by atomic mass is 10.3. The Kier molecular flexibility index (Phi) is 3.91. The van der Waals surface area contributed by atoms with Gasteiger partial charge in [0.1, 0.15) is 5.56 Å². The lowest BCUT2D eigenvalue weighted by Gasteiger charge is -2.02. The predicted molar refractivity (Wildman–Crippen MR) is 49.6 cm³/mol. The van der Waals surface area contributed by atoms with E-state index in [0.29, 0.717) is 6.61 Å². The number of rotatable bonds is 4. The molecule has 0 aliphatic rings. The number of ether oxygens (including phenoxy) is 1. The minimum Gasteiger partial charge on any atom is -0.462 e. The summed E-state index contributed by atoms with van der Waals surface area (Å²) in [4.78, 5) is 14.8. The molecule has 75 valence electrons. The minimum atomic E-state index is -0.587. The molecular weight excluding hydrogens is 182 g/mol. The molecule has 0 unspecified atom stereocenters. The van der Waals surface area contributed by atoms with Crippen LogP contribution in [0.2, 0.25) is 0 Å². The molecule has 0 atom stereocenters. The van der Waals surface area contributed by atoms with Crippen LogP contribution in [0.5, 0.6) is 5.88 Å². The monoisotopic (exact) mass is 194 g/mol. The Morgan fingerprint density at radius 3 is 3.00 bits per heavy atom. The molecule has 4 heteroatoms. The Morgan fingerprint density at radius 1 is 1.57 bits per heavy atom. The first-order valence-corrected chi connectivity index (χ1v) is 4.55. The van der Waals surface area contributed by atoms with Crippen molar-refractivity contribution < 1.29 is 14.6 Å². The number of carbonyl (C=O) groups is 1. The van der Waals surface area contributed by atoms with Gasteiger partial charge in [-0.1, -0.05) is 13.3 Å². The smallest absolute Gasteiger partial charge is 0.343 e. The van der Waals surface area contributed by atoms with E-state index in [9.17, 15) is 9.90 Å². The maximum absolute atomic E-state index is 11.3. The standard InChI is InChI=1S/C10H12NO3/c1-2-3-7-14-10(13)8-5-4-6-11-9(8)12/h4-6H,2-3,7H2,1H3. The SMILES string of the molecule is CCCCOC(=O)c1cccnc1[O]. The molecule has 0 spiro atoms. The second kappa shape index (κ2) is 5.21. The highest BCUT2D eigenvalue weighted by Gasteiger charge is 2.13. The van der Waals surface area contributed by atoms with Crippen molar-refractivity contribution in [1.29, 1.82) is 0 Å². The van der Waals surface area contributed by atoms with Crippen molar-refractivity contribution in [2.45, 2.75) is 19.8 Å². The molecule has 4 nitrogen and oxygen atoms in total. The summed E-state index contributed by atoms with van der Waals surface area (Å²) in [6.45, 7) is 2.35. The molecule has 0 N–H and O–H groups in total. The third-order valence-electron chi connectivity index (χ3n) is 1.72. The average molecular weight is 194 g/mol. The number of unbranched alkanes of at least 4 members (excludes halogenated alkanes) is 1. The van der Waals surface area contributed by atoms with Crippen LogP contribution in [0.1, 0.15) is 30.1 Å². The average Bonchev–Trinajstić information content (AvgIpc) is 2.18. The molecule has 1 aromatic rings. The van der Waals surface area contributed by atoms with Crippen LogP contribution in [0.25, 0.3) is 0 Å². The maximum atomic E-state index is 11.3. The quantitative estimate of drug-likeness (QED) is 0.545. The molecule has 0 amide bonds. The zero-order chi connectivity index (χ0) is 10.4. The van der Waals surface area contributed by atoms with Crippen LogP contribution in [-0.2, 0) is 9.84 Å². The number of carbonyl (C=O) groups excluding carboxylic acids is 1. The van der Waals surface area contributed by atoms with Crippen molar-refractivity contribution in [3.05, 3.63) is 23.9 Å². The highest BCUT2D eigenvalue weighted by Crippen LogP contribution is 2.13. The van der Waals surface area contributed by atoms with Gasteiger partial charge in [-0.25, -0.2) is 9.78 Å². The summed E-state index contributed by atoms with van der Waals surface area (Å²) >= 11 is 0. The van der Waals surface area contributed by atoms with E-state index in [4.69, 9.17) is 4.74 Å². The molecule has 1 radical (unpaired) electrons. The van der Waals surface area contributed by atoms with E-state index in [2.05, 4.69) is 4.98 Å². The number of pyridine rings is 1. The number of hydrogen-bond acceptors (Lipinski definition) is 3. The largest absolute Gasteiger partial charge is 0.462 e. The molecule has 1 heterocycles. The highest BCUT2D eigenvalue weighted by molar-refractivity contribution is 5.91. The lowest BCUT2D eigenvalue weighted by Crippen LogP contribution is -2.06. The molecule has 14 heavy (non-hydrogen) atoms. The van der Waals surface area contributed by atoms with Gasteiger partial charge in [0.05, 0.1) is 6.61 Å². The van der Waals surface area contributed by atoms with E-state index in [1.807, 2.05) is 6.92 Å². The summed E-state index contributed by atoms with van der Waals surface area (Å²) in [6.07, 6.45) is 3.11. The molecule has 0 saturated heterocycles. The van der Waals surface area contributed by atoms with Crippen molar-refractivity contribution in [3.63, 3.8) is 0 Å². The fourth-order valence-corrected chi connectivity index (χ4v) is 0.933. The van der Waals surface area contributed by atoms with Crippen LogP contribution in [0.4, 0.5) is 0 Å². The molecule has 0 aliphatic heterocycles. The van der Waals surface area contributed by atoms with E-state index < -0.39 is 11.8 Å². The van der Waals surface area contributed by atoms with Gasteiger partial charge in [0.2, 0.25) is 0 Å². The summed E-state index contributed by atoms with van der Waals surface area (Å²) in [5, 5.41) is 11.1. The third-order valence-corrected chi connectivity index (χ3v) is 1.72. The van der Waals surface area contributed by atoms with Gasteiger partial charge in [0.25, 0.3) is 5.88 Å². The Balaban J connectivity index is 2.56. The van der Waals surface area contributed by atoms with Crippen LogP contribution in [0.3, 0.4) is 0 Å². The maximum Gasteiger partial charge on any atom is 0.343 e. The van der Waals surface area contributed by atoms with E-state index in [1.54, 1.807) is 0 Å². The molecule has 0 fully saturated rings. The predicted octanol–water partition coefficient (Wildman–Crippen LogP) is 2.18. The summed E-state index contributed by atoms with van der Waals surface area (Å²) in [5.41, 5.74) is 0.00334. The van der Waals surface area contributed by atoms with Crippen molar-refractivity contribution in [2.24, 2.45) is 0 Å². The topological polar surface area (TPSA) is 59.1 Å². The number of hydrogen-bond donors (Lipinski definition) is 0. The third kappa shape index (κ3) is 2.73. The number of esters is 1. The molecular formula is C10H12NO3. The fraction of sp³-hybridized carbons (Fsp3) is 0.400. The first-order chi connectivity index (χ1) is 6.75. The molecule has 0 aromatic carbocycles. The highest BCUT2D eigenvalue weighted by atomic mass is 16.5. The van der Waals surface area contributed by atoms with Gasteiger partial charge in [0, 0.05) is 6.20 Å². The zero-order valence-corrected chi connectivity index (χ0v) is 8.03. The van der Waals surface area contributed by atoms with Crippen LogP contribution in [-0.4, -0.2) is 17.6 Å². The van der Waals surface area contributed by atoms with E-state index in [-0.39, 0.29) is 5.56 Å². The molecule has 0 aliphatic carbocycles. The Morgan fingerprint density at radius 2 is 2.36 bits per heavy atom. The van der Waals surface area contributed by atoms with Gasteiger partial charge in [-0.15, -0.1) is 0 Å². The van der Waals surface area contributed by atoms with E-state index in [1.165, 1.54) is 18.3 Å². The van der Waals surface area contributed by atoms with Crippen molar-refractivity contribution in [3.8, 4) is 5.88 Å². The Labute approximate surface area is 82.5 Å². The number of aromatic nitrogens is 1. The van der Waals surface area contributed by atoms with Crippen LogP contribution >= 0.6 is 0 Å². The van der Waals surface area contributed by atoms with Crippen LogP contribution in [0, 0.1) is 0 Å². The number of nitrogens with zero attached hydrogens (tertiary/aromatic N) is 1. The van der Waals surface area contributed by atoms with Gasteiger partial charge in [-0.2, -0.15) is 0 Å². The normalized spacial score (nSPS) is 9.79. The van der Waals surface area contributed by atoms with Gasteiger partial charge >= 0.3 is 5.97 Å². The van der Waals surface area contributed by atoms with Crippen molar-refractivity contribution in [1.82, 2.24) is 4.98 Å². The summed E-state index contributed by atoms with van der Waals surface area (Å²) in [7, 11) is 0. The van der Waals surface area contributed by atoms with Crippen molar-refractivity contribution in [2.75, 3.05) is 6.61 Å². The van der Waals surface area contributed by atoms with E-state index >= 15 is 0 Å². The summed E-state index contributed by atoms with van der Waals surface area (Å²) in [5.74, 6) is -1.12. The first kappa shape index (κ1) is 10.5. The lowest BCUT2D eigenvalue weighted by molar-refractivity contribution is 0.0493. The molecule has 0 bridgehead atoms. The summed E-state index contributed by atoms with van der Waals surface area (Å²) in [6, 6.07) is 2.96. The Hall–Kier alpha value is -1.58. The molecule has 1 rings (SSSR count). The van der Waals surface area contributed by atoms with Crippen LogP contribution in [0.15, 0.2) is 18.3 Å². The molecule has 0 saturated carbocycles. The van der Waals surface area contributed by atoms with E-state index in [0.717, 1.165) is 12.8 Å². The van der Waals surface area contributed by atoms with Gasteiger partial charge in [0.15, 0.2) is 0 Å². The fourth-order valence-electron chi connectivity index (χ4n) is 0.933. The summed E-state index contributed by atoms with van der Waals surface area (Å²) < 4.78 is 4.87. The van der Waals surface area contributed by atoms with Crippen LogP contribution < -0.4 is 0 Å². The first-order valence-electron chi connectivity index (χ1n) is 4.55. The molecule has 1 aromatic heterocycles. The second-order valence-corrected chi connectivity index (χ2v) is 2.85. The zero-order valence-electron chi connectivity index (χ0n) is 8.03. The second-order valence-electron chi connectivity index (χ2n) is 2.85. The minimum absolute atomic E-state index is 0.00334.